The summed E-state index contributed by atoms with van der Waals surface area (Å²) in [5.41, 5.74) is 3.33. The number of carbonyl (C=O) groups excluding carboxylic acids is 1. The van der Waals surface area contributed by atoms with E-state index in [9.17, 15) is 9.59 Å². The number of aromatic amines is 1. The lowest BCUT2D eigenvalue weighted by Gasteiger charge is -2.13. The first-order chi connectivity index (χ1) is 12.1. The fourth-order valence-corrected chi connectivity index (χ4v) is 3.89. The number of amides is 1. The molecule has 0 saturated heterocycles. The predicted molar refractivity (Wildman–Crippen MR) is 100 cm³/mol. The van der Waals surface area contributed by atoms with Gasteiger partial charge in [0.15, 0.2) is 5.16 Å². The first kappa shape index (κ1) is 17.8. The van der Waals surface area contributed by atoms with Crippen molar-refractivity contribution in [1.82, 2.24) is 14.8 Å². The molecule has 0 aliphatic heterocycles. The van der Waals surface area contributed by atoms with Gasteiger partial charge >= 0.3 is 5.69 Å². The van der Waals surface area contributed by atoms with Crippen LogP contribution in [0.2, 0.25) is 0 Å². The molecular formula is C18H24N4O2S. The highest BCUT2D eigenvalue weighted by atomic mass is 32.2. The average molecular weight is 360 g/mol. The molecule has 0 radical (unpaired) electrons. The maximum atomic E-state index is 12.5. The molecule has 1 aliphatic carbocycles. The summed E-state index contributed by atoms with van der Waals surface area (Å²) in [6.45, 7) is 4.52. The number of unbranched alkanes of at least 4 members (excludes halogenated alkanes) is 1. The highest BCUT2D eigenvalue weighted by molar-refractivity contribution is 8.00. The van der Waals surface area contributed by atoms with Gasteiger partial charge in [-0.1, -0.05) is 31.2 Å². The van der Waals surface area contributed by atoms with Gasteiger partial charge in [-0.2, -0.15) is 0 Å². The Labute approximate surface area is 151 Å². The normalized spacial score (nSPS) is 14.3. The summed E-state index contributed by atoms with van der Waals surface area (Å²) in [7, 11) is 0. The molecule has 1 atom stereocenters. The van der Waals surface area contributed by atoms with Crippen LogP contribution in [-0.4, -0.2) is 25.9 Å². The molecule has 0 bridgehead atoms. The SMILES string of the molecule is CCCCn1c(S[C@@H](C)C(=O)Nc2ccc3c(c2)CCC3)n[nH]c1=O. The molecule has 1 aliphatic rings. The summed E-state index contributed by atoms with van der Waals surface area (Å²) in [5.74, 6) is -0.0829. The molecule has 2 N–H and O–H groups in total. The van der Waals surface area contributed by atoms with Crippen LogP contribution < -0.4 is 11.0 Å². The first-order valence-corrected chi connectivity index (χ1v) is 9.71. The van der Waals surface area contributed by atoms with Crippen LogP contribution in [0, 0.1) is 0 Å². The van der Waals surface area contributed by atoms with Crippen molar-refractivity contribution in [3.05, 3.63) is 39.8 Å². The molecule has 1 amide bonds. The second-order valence-electron chi connectivity index (χ2n) is 6.40. The minimum absolute atomic E-state index is 0.0829. The number of hydrogen-bond donors (Lipinski definition) is 2. The van der Waals surface area contributed by atoms with Gasteiger partial charge in [0, 0.05) is 12.2 Å². The van der Waals surface area contributed by atoms with Crippen LogP contribution >= 0.6 is 11.8 Å². The maximum absolute atomic E-state index is 12.5. The Balaban J connectivity index is 1.64. The van der Waals surface area contributed by atoms with Gasteiger partial charge in [0.05, 0.1) is 5.25 Å². The molecule has 1 aromatic carbocycles. The van der Waals surface area contributed by atoms with Crippen molar-refractivity contribution >= 4 is 23.4 Å². The number of fused-ring (bicyclic) bond motifs is 1. The third-order valence-corrected chi connectivity index (χ3v) is 5.57. The van der Waals surface area contributed by atoms with Crippen LogP contribution in [0.15, 0.2) is 28.2 Å². The lowest BCUT2D eigenvalue weighted by molar-refractivity contribution is -0.115. The molecule has 2 aromatic rings. The molecule has 1 aromatic heterocycles. The van der Waals surface area contributed by atoms with Crippen molar-refractivity contribution in [3.63, 3.8) is 0 Å². The Morgan fingerprint density at radius 3 is 3.00 bits per heavy atom. The first-order valence-electron chi connectivity index (χ1n) is 8.83. The summed E-state index contributed by atoms with van der Waals surface area (Å²) >= 11 is 1.30. The summed E-state index contributed by atoms with van der Waals surface area (Å²) in [6.07, 6.45) is 5.30. The summed E-state index contributed by atoms with van der Waals surface area (Å²) in [4.78, 5) is 24.3. The lowest BCUT2D eigenvalue weighted by atomic mass is 10.1. The largest absolute Gasteiger partial charge is 0.343 e. The lowest BCUT2D eigenvalue weighted by Crippen LogP contribution is -2.24. The van der Waals surface area contributed by atoms with Gasteiger partial charge in [-0.15, -0.1) is 5.10 Å². The summed E-state index contributed by atoms with van der Waals surface area (Å²) < 4.78 is 1.60. The Bertz CT molecular complexity index is 812. The van der Waals surface area contributed by atoms with E-state index in [1.165, 1.54) is 29.3 Å². The van der Waals surface area contributed by atoms with E-state index in [1.54, 1.807) is 4.57 Å². The van der Waals surface area contributed by atoms with E-state index < -0.39 is 0 Å². The van der Waals surface area contributed by atoms with Gasteiger partial charge in [0.1, 0.15) is 0 Å². The van der Waals surface area contributed by atoms with Crippen molar-refractivity contribution < 1.29 is 4.79 Å². The maximum Gasteiger partial charge on any atom is 0.343 e. The Morgan fingerprint density at radius 1 is 1.40 bits per heavy atom. The molecular weight excluding hydrogens is 336 g/mol. The van der Waals surface area contributed by atoms with E-state index >= 15 is 0 Å². The van der Waals surface area contributed by atoms with Crippen molar-refractivity contribution in [3.8, 4) is 0 Å². The molecule has 0 unspecified atom stereocenters. The van der Waals surface area contributed by atoms with Gasteiger partial charge in [0.2, 0.25) is 5.91 Å². The van der Waals surface area contributed by atoms with Gasteiger partial charge in [-0.3, -0.25) is 9.36 Å². The van der Waals surface area contributed by atoms with Crippen molar-refractivity contribution in [1.29, 1.82) is 0 Å². The third kappa shape index (κ3) is 4.15. The second-order valence-corrected chi connectivity index (χ2v) is 7.71. The monoisotopic (exact) mass is 360 g/mol. The number of aromatic nitrogens is 3. The minimum Gasteiger partial charge on any atom is -0.325 e. The fourth-order valence-electron chi connectivity index (χ4n) is 3.01. The van der Waals surface area contributed by atoms with E-state index in [0.717, 1.165) is 31.4 Å². The highest BCUT2D eigenvalue weighted by Gasteiger charge is 2.20. The number of aryl methyl sites for hydroxylation is 2. The number of hydrogen-bond acceptors (Lipinski definition) is 4. The zero-order chi connectivity index (χ0) is 17.8. The Hall–Kier alpha value is -2.02. The van der Waals surface area contributed by atoms with Gasteiger partial charge < -0.3 is 5.32 Å². The molecule has 1 heterocycles. The Kier molecular flexibility index (Phi) is 5.63. The number of benzene rings is 1. The van der Waals surface area contributed by atoms with Crippen molar-refractivity contribution in [2.24, 2.45) is 0 Å². The molecule has 6 nitrogen and oxygen atoms in total. The van der Waals surface area contributed by atoms with Crippen LogP contribution in [0.25, 0.3) is 0 Å². The quantitative estimate of drug-likeness (QED) is 0.744. The summed E-state index contributed by atoms with van der Waals surface area (Å²) in [6, 6.07) is 6.14. The molecule has 25 heavy (non-hydrogen) atoms. The molecule has 3 rings (SSSR count). The molecule has 7 heteroatoms. The number of thioether (sulfide) groups is 1. The minimum atomic E-state index is -0.344. The van der Waals surface area contributed by atoms with E-state index in [-0.39, 0.29) is 16.8 Å². The zero-order valence-corrected chi connectivity index (χ0v) is 15.5. The molecule has 134 valence electrons. The fraction of sp³-hybridized carbons (Fsp3) is 0.500. The number of anilines is 1. The Morgan fingerprint density at radius 2 is 2.20 bits per heavy atom. The average Bonchev–Trinajstić information content (AvgIpc) is 3.19. The molecule has 0 spiro atoms. The van der Waals surface area contributed by atoms with Crippen LogP contribution in [-0.2, 0) is 24.2 Å². The van der Waals surface area contributed by atoms with E-state index in [4.69, 9.17) is 0 Å². The third-order valence-electron chi connectivity index (χ3n) is 4.48. The van der Waals surface area contributed by atoms with Gasteiger partial charge in [-0.05, 0) is 55.9 Å². The topological polar surface area (TPSA) is 79.8 Å². The van der Waals surface area contributed by atoms with E-state index in [1.807, 2.05) is 13.0 Å². The van der Waals surface area contributed by atoms with Gasteiger partial charge in [0.25, 0.3) is 0 Å². The number of nitrogens with one attached hydrogen (secondary N) is 2. The van der Waals surface area contributed by atoms with Gasteiger partial charge in [-0.25, -0.2) is 9.89 Å². The van der Waals surface area contributed by atoms with Crippen LogP contribution in [0.3, 0.4) is 0 Å². The number of nitrogens with zero attached hydrogens (tertiary/aromatic N) is 2. The number of carbonyl (C=O) groups is 1. The highest BCUT2D eigenvalue weighted by Crippen LogP contribution is 2.26. The standard InChI is InChI=1S/C18H24N4O2S/c1-3-4-10-22-17(24)20-21-18(22)25-12(2)16(23)19-15-9-8-13-6-5-7-14(13)11-15/h8-9,11-12H,3-7,10H2,1-2H3,(H,19,23)(H,20,24)/t12-/m0/s1. The number of rotatable bonds is 7. The van der Waals surface area contributed by atoms with Crippen LogP contribution in [0.4, 0.5) is 5.69 Å². The zero-order valence-electron chi connectivity index (χ0n) is 14.7. The predicted octanol–water partition coefficient (Wildman–Crippen LogP) is 2.98. The summed E-state index contributed by atoms with van der Waals surface area (Å²) in [5, 5.41) is 9.72. The number of H-pyrrole nitrogens is 1. The second kappa shape index (κ2) is 7.91. The van der Waals surface area contributed by atoms with Crippen LogP contribution in [0.5, 0.6) is 0 Å². The van der Waals surface area contributed by atoms with E-state index in [2.05, 4.69) is 34.6 Å². The van der Waals surface area contributed by atoms with Crippen molar-refractivity contribution in [2.45, 2.75) is 62.9 Å². The molecule has 0 saturated carbocycles. The van der Waals surface area contributed by atoms with Crippen LogP contribution in [0.1, 0.15) is 44.2 Å². The smallest absolute Gasteiger partial charge is 0.325 e. The van der Waals surface area contributed by atoms with Crippen molar-refractivity contribution in [2.75, 3.05) is 5.32 Å². The van der Waals surface area contributed by atoms with E-state index in [0.29, 0.717) is 11.7 Å². The molecule has 0 fully saturated rings.